The Bertz CT molecular complexity index is 346. The molecule has 3 heteroatoms. The maximum absolute atomic E-state index is 10.1. The second-order valence-electron chi connectivity index (χ2n) is 4.50. The van der Waals surface area contributed by atoms with E-state index in [2.05, 4.69) is 31.3 Å². The zero-order valence-electron chi connectivity index (χ0n) is 11.4. The van der Waals surface area contributed by atoms with Crippen LogP contribution in [0, 0.1) is 5.92 Å². The van der Waals surface area contributed by atoms with E-state index in [-0.39, 0.29) is 0 Å². The number of furan rings is 1. The van der Waals surface area contributed by atoms with Crippen LogP contribution in [0.15, 0.2) is 34.5 Å². The van der Waals surface area contributed by atoms with E-state index in [1.54, 1.807) is 12.1 Å². The molecule has 0 N–H and O–H groups in total. The molecule has 1 rings (SSSR count). The third kappa shape index (κ3) is 9.58. The molecule has 0 bridgehead atoms. The number of carbonyl (C=O) groups is 2. The lowest BCUT2D eigenvalue weighted by Crippen LogP contribution is -1.93. The third-order valence-corrected chi connectivity index (χ3v) is 2.37. The van der Waals surface area contributed by atoms with Crippen LogP contribution in [0.2, 0.25) is 0 Å². The summed E-state index contributed by atoms with van der Waals surface area (Å²) in [6.45, 7) is 6.32. The van der Waals surface area contributed by atoms with Gasteiger partial charge in [-0.1, -0.05) is 18.6 Å². The molecule has 0 aliphatic rings. The van der Waals surface area contributed by atoms with E-state index < -0.39 is 0 Å². The highest BCUT2D eigenvalue weighted by molar-refractivity contribution is 5.69. The minimum Gasteiger partial charge on any atom is -0.462 e. The van der Waals surface area contributed by atoms with Gasteiger partial charge in [0.15, 0.2) is 12.0 Å². The number of hydrogen-bond acceptors (Lipinski definition) is 3. The summed E-state index contributed by atoms with van der Waals surface area (Å²) in [5.41, 5.74) is 1.36. The highest BCUT2D eigenvalue weighted by atomic mass is 16.3. The van der Waals surface area contributed by atoms with Crippen molar-refractivity contribution in [1.82, 2.24) is 0 Å². The fourth-order valence-corrected chi connectivity index (χ4v) is 1.30. The first-order chi connectivity index (χ1) is 8.60. The molecule has 1 atom stereocenters. The summed E-state index contributed by atoms with van der Waals surface area (Å²) >= 11 is 0. The van der Waals surface area contributed by atoms with Crippen molar-refractivity contribution >= 4 is 12.6 Å². The van der Waals surface area contributed by atoms with Gasteiger partial charge in [-0.25, -0.2) is 0 Å². The zero-order valence-corrected chi connectivity index (χ0v) is 11.4. The van der Waals surface area contributed by atoms with Crippen molar-refractivity contribution in [1.29, 1.82) is 0 Å². The van der Waals surface area contributed by atoms with Gasteiger partial charge in [-0.15, -0.1) is 0 Å². The molecule has 1 aromatic heterocycles. The maximum Gasteiger partial charge on any atom is 0.185 e. The van der Waals surface area contributed by atoms with Gasteiger partial charge in [-0.2, -0.15) is 0 Å². The van der Waals surface area contributed by atoms with Crippen LogP contribution < -0.4 is 0 Å². The smallest absolute Gasteiger partial charge is 0.185 e. The molecule has 100 valence electrons. The van der Waals surface area contributed by atoms with Crippen LogP contribution in [0.25, 0.3) is 0 Å². The molecule has 0 aromatic carbocycles. The summed E-state index contributed by atoms with van der Waals surface area (Å²) in [5.74, 6) is 0.920. The number of rotatable bonds is 6. The fraction of sp³-hybridized carbons (Fsp3) is 0.467. The van der Waals surface area contributed by atoms with Crippen molar-refractivity contribution in [3.8, 4) is 0 Å². The molecule has 0 spiro atoms. The summed E-state index contributed by atoms with van der Waals surface area (Å²) in [4.78, 5) is 19.9. The zero-order chi connectivity index (χ0) is 13.8. The largest absolute Gasteiger partial charge is 0.462 e. The summed E-state index contributed by atoms with van der Waals surface area (Å²) in [7, 11) is 0. The lowest BCUT2D eigenvalue weighted by atomic mass is 10.0. The molecule has 0 aliphatic heterocycles. The van der Waals surface area contributed by atoms with Gasteiger partial charge in [0.2, 0.25) is 0 Å². The van der Waals surface area contributed by atoms with Crippen molar-refractivity contribution in [2.24, 2.45) is 5.92 Å². The molecule has 0 saturated carbocycles. The highest BCUT2D eigenvalue weighted by Crippen LogP contribution is 2.09. The minimum atomic E-state index is 0.375. The molecular weight excluding hydrogens is 228 g/mol. The molecule has 0 fully saturated rings. The standard InChI is InChI=1S/C10H18O.C5H4O2/c1-9(2)5-4-6-10(3)7-8-11;6-4-5-2-1-3-7-5/h5,8,10H,4,6-7H2,1-3H3;1-4H. The van der Waals surface area contributed by atoms with E-state index in [1.165, 1.54) is 11.8 Å². The summed E-state index contributed by atoms with van der Waals surface area (Å²) in [5, 5.41) is 0. The second-order valence-corrected chi connectivity index (χ2v) is 4.50. The predicted octanol–water partition coefficient (Wildman–Crippen LogP) is 4.05. The van der Waals surface area contributed by atoms with E-state index in [0.717, 1.165) is 19.1 Å². The Morgan fingerprint density at radius 3 is 2.50 bits per heavy atom. The molecular formula is C15H22O3. The molecule has 3 nitrogen and oxygen atoms in total. The van der Waals surface area contributed by atoms with Crippen LogP contribution in [0.1, 0.15) is 50.6 Å². The lowest BCUT2D eigenvalue weighted by Gasteiger charge is -2.03. The summed E-state index contributed by atoms with van der Waals surface area (Å²) < 4.78 is 4.61. The fourth-order valence-electron chi connectivity index (χ4n) is 1.30. The maximum atomic E-state index is 10.1. The highest BCUT2D eigenvalue weighted by Gasteiger charge is 1.98. The van der Waals surface area contributed by atoms with Crippen molar-refractivity contribution in [3.63, 3.8) is 0 Å². The van der Waals surface area contributed by atoms with Gasteiger partial charge in [0.25, 0.3) is 0 Å². The van der Waals surface area contributed by atoms with Gasteiger partial charge in [0.1, 0.15) is 6.29 Å². The average molecular weight is 250 g/mol. The van der Waals surface area contributed by atoms with Crippen LogP contribution in [-0.2, 0) is 4.79 Å². The predicted molar refractivity (Wildman–Crippen MR) is 72.6 cm³/mol. The third-order valence-electron chi connectivity index (χ3n) is 2.37. The Labute approximate surface area is 109 Å². The number of carbonyl (C=O) groups excluding carboxylic acids is 2. The van der Waals surface area contributed by atoms with Crippen LogP contribution >= 0.6 is 0 Å². The first-order valence-corrected chi connectivity index (χ1v) is 6.15. The molecule has 0 amide bonds. The van der Waals surface area contributed by atoms with E-state index in [0.29, 0.717) is 24.4 Å². The molecule has 0 aliphatic carbocycles. The van der Waals surface area contributed by atoms with Crippen LogP contribution in [0.3, 0.4) is 0 Å². The molecule has 0 radical (unpaired) electrons. The van der Waals surface area contributed by atoms with Crippen LogP contribution in [0.4, 0.5) is 0 Å². The molecule has 0 saturated heterocycles. The molecule has 18 heavy (non-hydrogen) atoms. The van der Waals surface area contributed by atoms with Gasteiger partial charge in [0.05, 0.1) is 6.26 Å². The van der Waals surface area contributed by atoms with Gasteiger partial charge < -0.3 is 9.21 Å². The van der Waals surface area contributed by atoms with Crippen LogP contribution in [0.5, 0.6) is 0 Å². The average Bonchev–Trinajstić information content (AvgIpc) is 2.82. The van der Waals surface area contributed by atoms with Gasteiger partial charge in [-0.05, 0) is 44.7 Å². The Hall–Kier alpha value is -1.64. The lowest BCUT2D eigenvalue weighted by molar-refractivity contribution is -0.108. The quantitative estimate of drug-likeness (QED) is 0.565. The van der Waals surface area contributed by atoms with E-state index in [9.17, 15) is 9.59 Å². The first kappa shape index (κ1) is 16.4. The molecule has 1 aromatic rings. The SMILES string of the molecule is CC(C)=CCCC(C)CC=O.O=Cc1ccco1. The summed E-state index contributed by atoms with van der Waals surface area (Å²) in [6.07, 6.45) is 8.30. The number of aldehydes is 2. The number of allylic oxidation sites excluding steroid dienone is 2. The minimum absolute atomic E-state index is 0.375. The van der Waals surface area contributed by atoms with Crippen molar-refractivity contribution < 1.29 is 14.0 Å². The van der Waals surface area contributed by atoms with Crippen molar-refractivity contribution in [3.05, 3.63) is 35.8 Å². The van der Waals surface area contributed by atoms with Crippen molar-refractivity contribution in [2.75, 3.05) is 0 Å². The Balaban J connectivity index is 0.000000351. The molecule has 1 unspecified atom stereocenters. The van der Waals surface area contributed by atoms with Gasteiger partial charge >= 0.3 is 0 Å². The molecule has 1 heterocycles. The monoisotopic (exact) mass is 250 g/mol. The van der Waals surface area contributed by atoms with E-state index in [4.69, 9.17) is 0 Å². The normalized spacial score (nSPS) is 10.8. The first-order valence-electron chi connectivity index (χ1n) is 6.15. The Morgan fingerprint density at radius 1 is 1.39 bits per heavy atom. The van der Waals surface area contributed by atoms with E-state index >= 15 is 0 Å². The second kappa shape index (κ2) is 10.5. The van der Waals surface area contributed by atoms with Crippen LogP contribution in [-0.4, -0.2) is 12.6 Å². The van der Waals surface area contributed by atoms with Gasteiger partial charge in [-0.3, -0.25) is 4.79 Å². The Kier molecular flexibility index (Phi) is 9.55. The summed E-state index contributed by atoms with van der Waals surface area (Å²) in [6, 6.07) is 3.27. The topological polar surface area (TPSA) is 47.3 Å². The van der Waals surface area contributed by atoms with Crippen molar-refractivity contribution in [2.45, 2.75) is 40.0 Å². The number of hydrogen-bond donors (Lipinski definition) is 0. The van der Waals surface area contributed by atoms with E-state index in [1.807, 2.05) is 0 Å². The Morgan fingerprint density at radius 2 is 2.11 bits per heavy atom. The van der Waals surface area contributed by atoms with Gasteiger partial charge in [0, 0.05) is 6.42 Å².